The van der Waals surface area contributed by atoms with Gasteiger partial charge in [-0.15, -0.1) is 11.3 Å². The molecule has 0 saturated heterocycles. The number of aryl methyl sites for hydroxylation is 1. The fraction of sp³-hybridized carbons (Fsp3) is 0.0909. The molecular formula is C11H9Cl2NO3S2. The first-order valence-electron chi connectivity index (χ1n) is 5.07. The van der Waals surface area contributed by atoms with Crippen molar-refractivity contribution < 1.29 is 13.5 Å². The van der Waals surface area contributed by atoms with Gasteiger partial charge in [0.05, 0.1) is 10.0 Å². The molecular weight excluding hydrogens is 329 g/mol. The Morgan fingerprint density at radius 2 is 1.95 bits per heavy atom. The van der Waals surface area contributed by atoms with Crippen molar-refractivity contribution in [2.45, 2.75) is 11.1 Å². The topological polar surface area (TPSA) is 66.4 Å². The molecule has 2 aromatic rings. The molecule has 1 aromatic heterocycles. The van der Waals surface area contributed by atoms with E-state index in [1.807, 2.05) is 0 Å². The molecule has 0 aliphatic rings. The predicted molar refractivity (Wildman–Crippen MR) is 78.0 cm³/mol. The number of benzene rings is 1. The van der Waals surface area contributed by atoms with Crippen molar-refractivity contribution in [3.8, 4) is 5.75 Å². The largest absolute Gasteiger partial charge is 0.505 e. The Labute approximate surface area is 124 Å². The molecule has 0 bridgehead atoms. The Morgan fingerprint density at radius 3 is 2.53 bits per heavy atom. The molecule has 0 saturated carbocycles. The van der Waals surface area contributed by atoms with Crippen molar-refractivity contribution in [2.24, 2.45) is 0 Å². The summed E-state index contributed by atoms with van der Waals surface area (Å²) >= 11 is 12.5. The number of phenolic OH excluding ortho intramolecular Hbond substituents is 1. The lowest BCUT2D eigenvalue weighted by Gasteiger charge is -2.10. The number of hydrogen-bond donors (Lipinski definition) is 2. The van der Waals surface area contributed by atoms with Gasteiger partial charge in [-0.25, -0.2) is 8.42 Å². The molecule has 102 valence electrons. The zero-order chi connectivity index (χ0) is 14.2. The lowest BCUT2D eigenvalue weighted by Crippen LogP contribution is -2.11. The molecule has 0 amide bonds. The molecule has 0 radical (unpaired) electrons. The van der Waals surface area contributed by atoms with Crippen LogP contribution in [0.3, 0.4) is 0 Å². The summed E-state index contributed by atoms with van der Waals surface area (Å²) in [6.45, 7) is 1.63. The van der Waals surface area contributed by atoms with Gasteiger partial charge in [0.25, 0.3) is 10.0 Å². The van der Waals surface area contributed by atoms with Gasteiger partial charge in [-0.1, -0.05) is 23.2 Å². The number of hydrogen-bond acceptors (Lipinski definition) is 4. The van der Waals surface area contributed by atoms with E-state index < -0.39 is 10.0 Å². The van der Waals surface area contributed by atoms with E-state index >= 15 is 0 Å². The normalized spacial score (nSPS) is 11.5. The zero-order valence-electron chi connectivity index (χ0n) is 9.65. The highest BCUT2D eigenvalue weighted by Gasteiger charge is 2.19. The molecule has 0 aliphatic carbocycles. The summed E-state index contributed by atoms with van der Waals surface area (Å²) in [5.74, 6) is -0.157. The van der Waals surface area contributed by atoms with Crippen LogP contribution >= 0.6 is 34.5 Å². The van der Waals surface area contributed by atoms with Gasteiger partial charge >= 0.3 is 0 Å². The zero-order valence-corrected chi connectivity index (χ0v) is 12.8. The first-order valence-corrected chi connectivity index (χ1v) is 8.12. The lowest BCUT2D eigenvalue weighted by molar-refractivity contribution is 0.473. The van der Waals surface area contributed by atoms with Gasteiger partial charge in [-0.3, -0.25) is 4.72 Å². The molecule has 2 N–H and O–H groups in total. The molecule has 8 heteroatoms. The van der Waals surface area contributed by atoms with Crippen LogP contribution in [-0.4, -0.2) is 13.5 Å². The molecule has 19 heavy (non-hydrogen) atoms. The monoisotopic (exact) mass is 337 g/mol. The molecule has 0 aliphatic heterocycles. The van der Waals surface area contributed by atoms with Gasteiger partial charge in [0, 0.05) is 5.02 Å². The Morgan fingerprint density at radius 1 is 1.26 bits per heavy atom. The van der Waals surface area contributed by atoms with Crippen LogP contribution in [0.1, 0.15) is 5.56 Å². The molecule has 0 fully saturated rings. The van der Waals surface area contributed by atoms with Crippen LogP contribution in [0, 0.1) is 6.92 Å². The summed E-state index contributed by atoms with van der Waals surface area (Å²) in [6.07, 6.45) is 0. The molecule has 4 nitrogen and oxygen atoms in total. The van der Waals surface area contributed by atoms with E-state index in [0.29, 0.717) is 14.9 Å². The number of thiophene rings is 1. The van der Waals surface area contributed by atoms with Crippen molar-refractivity contribution in [2.75, 3.05) is 4.72 Å². The Bertz CT molecular complexity index is 726. The van der Waals surface area contributed by atoms with Crippen LogP contribution in [0.25, 0.3) is 0 Å². The van der Waals surface area contributed by atoms with Crippen molar-refractivity contribution in [3.63, 3.8) is 0 Å². The average Bonchev–Trinajstić information content (AvgIpc) is 2.72. The highest BCUT2D eigenvalue weighted by molar-refractivity contribution is 7.94. The molecule has 0 atom stereocenters. The maximum atomic E-state index is 12.1. The van der Waals surface area contributed by atoms with E-state index in [2.05, 4.69) is 4.72 Å². The molecule has 1 heterocycles. The highest BCUT2D eigenvalue weighted by Crippen LogP contribution is 2.34. The lowest BCUT2D eigenvalue weighted by atomic mass is 10.2. The number of anilines is 1. The van der Waals surface area contributed by atoms with Gasteiger partial charge in [0.2, 0.25) is 0 Å². The van der Waals surface area contributed by atoms with Gasteiger partial charge in [0.1, 0.15) is 9.96 Å². The SMILES string of the molecule is Cc1cc(Cl)cc(NS(=O)(=O)c2ccc(Cl)s2)c1O. The minimum absolute atomic E-state index is 0.0366. The summed E-state index contributed by atoms with van der Waals surface area (Å²) in [4.78, 5) is 0. The fourth-order valence-corrected chi connectivity index (χ4v) is 4.26. The first kappa shape index (κ1) is 14.5. The van der Waals surface area contributed by atoms with Gasteiger partial charge < -0.3 is 5.11 Å². The van der Waals surface area contributed by atoms with Crippen LogP contribution in [0.2, 0.25) is 9.36 Å². The highest BCUT2D eigenvalue weighted by atomic mass is 35.5. The number of phenols is 1. The van der Waals surface area contributed by atoms with Crippen LogP contribution in [0.15, 0.2) is 28.5 Å². The van der Waals surface area contributed by atoms with Gasteiger partial charge in [-0.05, 0) is 36.8 Å². The number of aromatic hydroxyl groups is 1. The van der Waals surface area contributed by atoms with Crippen molar-refractivity contribution in [3.05, 3.63) is 39.2 Å². The first-order chi connectivity index (χ1) is 8.79. The number of sulfonamides is 1. The second-order valence-electron chi connectivity index (χ2n) is 3.78. The van der Waals surface area contributed by atoms with E-state index in [9.17, 15) is 13.5 Å². The van der Waals surface area contributed by atoms with Crippen LogP contribution in [0.4, 0.5) is 5.69 Å². The third-order valence-electron chi connectivity index (χ3n) is 2.32. The molecule has 2 rings (SSSR count). The van der Waals surface area contributed by atoms with Crippen molar-refractivity contribution in [1.82, 2.24) is 0 Å². The molecule has 0 spiro atoms. The number of nitrogens with one attached hydrogen (secondary N) is 1. The summed E-state index contributed by atoms with van der Waals surface area (Å²) in [7, 11) is -3.78. The van der Waals surface area contributed by atoms with Gasteiger partial charge in [0.15, 0.2) is 0 Å². The van der Waals surface area contributed by atoms with Crippen LogP contribution in [-0.2, 0) is 10.0 Å². The third-order valence-corrected chi connectivity index (χ3v) is 5.63. The quantitative estimate of drug-likeness (QED) is 0.835. The van der Waals surface area contributed by atoms with E-state index in [4.69, 9.17) is 23.2 Å². The summed E-state index contributed by atoms with van der Waals surface area (Å²) in [5, 5.41) is 10.2. The Hall–Kier alpha value is -0.950. The fourth-order valence-electron chi connectivity index (χ4n) is 1.45. The van der Waals surface area contributed by atoms with E-state index in [-0.39, 0.29) is 15.6 Å². The average molecular weight is 338 g/mol. The number of rotatable bonds is 3. The minimum Gasteiger partial charge on any atom is -0.505 e. The second-order valence-corrected chi connectivity index (χ2v) is 7.84. The summed E-state index contributed by atoms with van der Waals surface area (Å²) in [5.41, 5.74) is 0.518. The minimum atomic E-state index is -3.78. The maximum Gasteiger partial charge on any atom is 0.271 e. The Kier molecular flexibility index (Phi) is 3.96. The molecule has 1 aromatic carbocycles. The van der Waals surface area contributed by atoms with Crippen LogP contribution in [0.5, 0.6) is 5.75 Å². The molecule has 0 unspecified atom stereocenters. The summed E-state index contributed by atoms with van der Waals surface area (Å²) < 4.78 is 26.9. The third kappa shape index (κ3) is 3.14. The van der Waals surface area contributed by atoms with E-state index in [1.165, 1.54) is 24.3 Å². The predicted octanol–water partition coefficient (Wildman–Crippen LogP) is 3.87. The smallest absolute Gasteiger partial charge is 0.271 e. The standard InChI is InChI=1S/C11H9Cl2NO3S2/c1-6-4-7(12)5-8(11(6)15)14-19(16,17)10-3-2-9(13)18-10/h2-5,14-15H,1H3. The van der Waals surface area contributed by atoms with Crippen LogP contribution < -0.4 is 4.72 Å². The summed E-state index contributed by atoms with van der Waals surface area (Å²) in [6, 6.07) is 5.76. The number of halogens is 2. The van der Waals surface area contributed by atoms with Crippen molar-refractivity contribution in [1.29, 1.82) is 0 Å². The van der Waals surface area contributed by atoms with Crippen molar-refractivity contribution >= 4 is 50.2 Å². The van der Waals surface area contributed by atoms with Gasteiger partial charge in [-0.2, -0.15) is 0 Å². The van der Waals surface area contributed by atoms with E-state index in [1.54, 1.807) is 6.92 Å². The van der Waals surface area contributed by atoms with E-state index in [0.717, 1.165) is 11.3 Å². The second kappa shape index (κ2) is 5.20. The Balaban J connectivity index is 2.41. The maximum absolute atomic E-state index is 12.1.